The minimum atomic E-state index is -3.15. The zero-order chi connectivity index (χ0) is 10.6. The fourth-order valence-electron chi connectivity index (χ4n) is 1.45. The predicted octanol–water partition coefficient (Wildman–Crippen LogP) is 0.882. The van der Waals surface area contributed by atoms with E-state index in [0.717, 1.165) is 12.8 Å². The summed E-state index contributed by atoms with van der Waals surface area (Å²) in [5.41, 5.74) is 0. The van der Waals surface area contributed by atoms with Crippen molar-refractivity contribution in [2.24, 2.45) is 0 Å². The molecule has 1 rings (SSSR count). The number of rotatable bonds is 4. The average molecular weight is 217 g/mol. The maximum atomic E-state index is 11.6. The molecule has 2 atom stereocenters. The molecule has 0 saturated carbocycles. The highest BCUT2D eigenvalue weighted by Crippen LogP contribution is 2.17. The fraction of sp³-hybridized carbons (Fsp3) is 0.889. The Bertz CT molecular complexity index is 311. The van der Waals surface area contributed by atoms with Gasteiger partial charge in [0.25, 0.3) is 0 Å². The van der Waals surface area contributed by atoms with E-state index in [4.69, 9.17) is 10.00 Å². The van der Waals surface area contributed by atoms with Crippen molar-refractivity contribution in [2.75, 3.05) is 12.4 Å². The highest BCUT2D eigenvalue weighted by Gasteiger charge is 2.27. The molecule has 0 N–H and O–H groups in total. The molecular formula is C9H15NO3S. The highest BCUT2D eigenvalue weighted by molar-refractivity contribution is 7.92. The van der Waals surface area contributed by atoms with Crippen LogP contribution in [0.5, 0.6) is 0 Å². The van der Waals surface area contributed by atoms with Crippen molar-refractivity contribution in [3.05, 3.63) is 0 Å². The minimum Gasteiger partial charge on any atom is -0.377 e. The van der Waals surface area contributed by atoms with E-state index in [1.807, 2.05) is 6.07 Å². The standard InChI is InChI=1S/C9H15NO3S/c1-8(4-5-10)14(11,12)7-9-3-2-6-13-9/h8-9H,2-4,6-7H2,1H3. The molecule has 1 fully saturated rings. The van der Waals surface area contributed by atoms with E-state index in [-0.39, 0.29) is 18.3 Å². The second-order valence-corrected chi connectivity index (χ2v) is 6.10. The molecule has 1 saturated heterocycles. The molecule has 0 bridgehead atoms. The maximum absolute atomic E-state index is 11.6. The van der Waals surface area contributed by atoms with E-state index in [0.29, 0.717) is 6.61 Å². The summed E-state index contributed by atoms with van der Waals surface area (Å²) in [4.78, 5) is 0. The quantitative estimate of drug-likeness (QED) is 0.701. The van der Waals surface area contributed by atoms with Gasteiger partial charge in [-0.25, -0.2) is 8.42 Å². The number of nitrogens with zero attached hydrogens (tertiary/aromatic N) is 1. The van der Waals surface area contributed by atoms with Crippen molar-refractivity contribution < 1.29 is 13.2 Å². The smallest absolute Gasteiger partial charge is 0.156 e. The monoisotopic (exact) mass is 217 g/mol. The summed E-state index contributed by atoms with van der Waals surface area (Å²) in [5, 5.41) is 7.84. The van der Waals surface area contributed by atoms with Crippen molar-refractivity contribution in [2.45, 2.75) is 37.5 Å². The Morgan fingerprint density at radius 2 is 2.36 bits per heavy atom. The summed E-state index contributed by atoms with van der Waals surface area (Å²) in [6, 6.07) is 1.88. The third kappa shape index (κ3) is 2.96. The minimum absolute atomic E-state index is 0.0645. The molecule has 0 radical (unpaired) electrons. The van der Waals surface area contributed by atoms with Crippen LogP contribution in [0.2, 0.25) is 0 Å². The summed E-state index contributed by atoms with van der Waals surface area (Å²) in [6.07, 6.45) is 1.67. The lowest BCUT2D eigenvalue weighted by Crippen LogP contribution is -2.27. The predicted molar refractivity (Wildman–Crippen MR) is 52.5 cm³/mol. The van der Waals surface area contributed by atoms with E-state index >= 15 is 0 Å². The Morgan fingerprint density at radius 3 is 2.86 bits per heavy atom. The Balaban J connectivity index is 2.52. The first-order valence-corrected chi connectivity index (χ1v) is 6.48. The number of hydrogen-bond acceptors (Lipinski definition) is 4. The van der Waals surface area contributed by atoms with Crippen molar-refractivity contribution in [3.63, 3.8) is 0 Å². The Hall–Kier alpha value is -0.600. The lowest BCUT2D eigenvalue weighted by atomic mass is 10.3. The first kappa shape index (κ1) is 11.5. The van der Waals surface area contributed by atoms with Crippen molar-refractivity contribution >= 4 is 9.84 Å². The maximum Gasteiger partial charge on any atom is 0.156 e. The van der Waals surface area contributed by atoms with Gasteiger partial charge >= 0.3 is 0 Å². The van der Waals surface area contributed by atoms with E-state index in [1.165, 1.54) is 0 Å². The normalized spacial score (nSPS) is 24.4. The van der Waals surface area contributed by atoms with Crippen LogP contribution in [-0.2, 0) is 14.6 Å². The molecule has 0 aromatic carbocycles. The van der Waals surface area contributed by atoms with Gasteiger partial charge in [0.05, 0.1) is 29.6 Å². The number of sulfone groups is 1. The van der Waals surface area contributed by atoms with Gasteiger partial charge in [-0.05, 0) is 19.8 Å². The molecule has 80 valence electrons. The van der Waals surface area contributed by atoms with Crippen molar-refractivity contribution in [3.8, 4) is 6.07 Å². The van der Waals surface area contributed by atoms with E-state index in [2.05, 4.69) is 0 Å². The third-order valence-corrected chi connectivity index (χ3v) is 4.66. The van der Waals surface area contributed by atoms with Gasteiger partial charge in [0.1, 0.15) is 0 Å². The topological polar surface area (TPSA) is 67.2 Å². The molecule has 1 heterocycles. The Morgan fingerprint density at radius 1 is 1.64 bits per heavy atom. The second kappa shape index (κ2) is 4.76. The fourth-order valence-corrected chi connectivity index (χ4v) is 2.89. The zero-order valence-electron chi connectivity index (χ0n) is 8.27. The van der Waals surface area contributed by atoms with Crippen LogP contribution in [0.15, 0.2) is 0 Å². The van der Waals surface area contributed by atoms with E-state index in [1.54, 1.807) is 6.92 Å². The summed E-state index contributed by atoms with van der Waals surface area (Å²) in [5.74, 6) is 0.0653. The van der Waals surface area contributed by atoms with Gasteiger partial charge in [0, 0.05) is 6.61 Å². The van der Waals surface area contributed by atoms with Gasteiger partial charge < -0.3 is 4.74 Å². The zero-order valence-corrected chi connectivity index (χ0v) is 9.09. The molecular weight excluding hydrogens is 202 g/mol. The van der Waals surface area contributed by atoms with Crippen LogP contribution < -0.4 is 0 Å². The third-order valence-electron chi connectivity index (χ3n) is 2.43. The molecule has 1 aliphatic heterocycles. The van der Waals surface area contributed by atoms with Gasteiger partial charge in [-0.15, -0.1) is 0 Å². The van der Waals surface area contributed by atoms with E-state index in [9.17, 15) is 8.42 Å². The Kier molecular flexibility index (Phi) is 3.90. The van der Waals surface area contributed by atoms with Crippen LogP contribution in [0.4, 0.5) is 0 Å². The molecule has 14 heavy (non-hydrogen) atoms. The summed E-state index contributed by atoms with van der Waals surface area (Å²) < 4.78 is 28.5. The molecule has 2 unspecified atom stereocenters. The molecule has 1 aliphatic rings. The molecule has 0 aromatic heterocycles. The van der Waals surface area contributed by atoms with Gasteiger partial charge in [-0.2, -0.15) is 5.26 Å². The van der Waals surface area contributed by atoms with Crippen LogP contribution >= 0.6 is 0 Å². The van der Waals surface area contributed by atoms with Crippen molar-refractivity contribution in [1.29, 1.82) is 5.26 Å². The van der Waals surface area contributed by atoms with Crippen LogP contribution in [0, 0.1) is 11.3 Å². The largest absolute Gasteiger partial charge is 0.377 e. The number of nitriles is 1. The van der Waals surface area contributed by atoms with Gasteiger partial charge in [-0.3, -0.25) is 0 Å². The molecule has 0 spiro atoms. The van der Waals surface area contributed by atoms with Gasteiger partial charge in [0.2, 0.25) is 0 Å². The summed E-state index contributed by atoms with van der Waals surface area (Å²) in [7, 11) is -3.15. The second-order valence-electron chi connectivity index (χ2n) is 3.64. The first-order chi connectivity index (χ1) is 6.56. The van der Waals surface area contributed by atoms with Crippen LogP contribution in [0.3, 0.4) is 0 Å². The van der Waals surface area contributed by atoms with Crippen molar-refractivity contribution in [1.82, 2.24) is 0 Å². The molecule has 5 heteroatoms. The number of hydrogen-bond donors (Lipinski definition) is 0. The van der Waals surface area contributed by atoms with Gasteiger partial charge in [-0.1, -0.05) is 0 Å². The van der Waals surface area contributed by atoms with Gasteiger partial charge in [0.15, 0.2) is 9.84 Å². The average Bonchev–Trinajstić information content (AvgIpc) is 2.56. The van der Waals surface area contributed by atoms with E-state index < -0.39 is 15.1 Å². The summed E-state index contributed by atoms with van der Waals surface area (Å²) in [6.45, 7) is 2.24. The lowest BCUT2D eigenvalue weighted by molar-refractivity contribution is 0.127. The Labute approximate surface area is 84.8 Å². The van der Waals surface area contributed by atoms with Crippen LogP contribution in [-0.4, -0.2) is 32.1 Å². The van der Waals surface area contributed by atoms with Crippen LogP contribution in [0.1, 0.15) is 26.2 Å². The molecule has 0 amide bonds. The molecule has 4 nitrogen and oxygen atoms in total. The highest BCUT2D eigenvalue weighted by atomic mass is 32.2. The van der Waals surface area contributed by atoms with Crippen LogP contribution in [0.25, 0.3) is 0 Å². The summed E-state index contributed by atoms with van der Waals surface area (Å²) >= 11 is 0. The lowest BCUT2D eigenvalue weighted by Gasteiger charge is -2.13. The molecule has 0 aromatic rings. The molecule has 0 aliphatic carbocycles. The number of ether oxygens (including phenoxy) is 1. The first-order valence-electron chi connectivity index (χ1n) is 4.76. The SMILES string of the molecule is CC(CC#N)S(=O)(=O)CC1CCCO1.